The van der Waals surface area contributed by atoms with Crippen LogP contribution in [0.25, 0.3) is 22.2 Å². The zero-order valence-electron chi connectivity index (χ0n) is 17.7. The molecular weight excluding hydrogens is 408 g/mol. The van der Waals surface area contributed by atoms with Crippen LogP contribution in [-0.4, -0.2) is 33.5 Å². The number of hydrogen-bond acceptors (Lipinski definition) is 5. The van der Waals surface area contributed by atoms with Crippen molar-refractivity contribution in [3.63, 3.8) is 0 Å². The number of hydrogen-bond donors (Lipinski definition) is 1. The van der Waals surface area contributed by atoms with E-state index in [1.54, 1.807) is 7.11 Å². The third-order valence-corrected chi connectivity index (χ3v) is 6.19. The fourth-order valence-corrected chi connectivity index (χ4v) is 4.13. The Balaban J connectivity index is 1.37. The highest BCUT2D eigenvalue weighted by atomic mass is 32.2. The Morgan fingerprint density at radius 3 is 2.55 bits per heavy atom. The van der Waals surface area contributed by atoms with Crippen molar-refractivity contribution in [2.75, 3.05) is 12.9 Å². The van der Waals surface area contributed by atoms with E-state index in [0.717, 1.165) is 22.7 Å². The molecule has 1 atom stereocenters. The van der Waals surface area contributed by atoms with Crippen LogP contribution in [0.15, 0.2) is 71.9 Å². The molecule has 1 unspecified atom stereocenters. The number of amides is 1. The fraction of sp³-hybridized carbons (Fsp3) is 0.208. The Labute approximate surface area is 185 Å². The van der Waals surface area contributed by atoms with Gasteiger partial charge in [0.1, 0.15) is 5.75 Å². The molecule has 0 fully saturated rings. The second-order valence-electron chi connectivity index (χ2n) is 7.28. The van der Waals surface area contributed by atoms with Gasteiger partial charge in [-0.05, 0) is 53.6 Å². The molecule has 0 aliphatic rings. The highest BCUT2D eigenvalue weighted by molar-refractivity contribution is 7.99. The Morgan fingerprint density at radius 1 is 1.06 bits per heavy atom. The van der Waals surface area contributed by atoms with Gasteiger partial charge in [-0.3, -0.25) is 4.79 Å². The van der Waals surface area contributed by atoms with Crippen LogP contribution in [-0.2, 0) is 11.8 Å². The summed E-state index contributed by atoms with van der Waals surface area (Å²) in [6, 6.07) is 22.1. The van der Waals surface area contributed by atoms with Gasteiger partial charge in [-0.1, -0.05) is 48.2 Å². The molecule has 0 bridgehead atoms. The van der Waals surface area contributed by atoms with E-state index < -0.39 is 0 Å². The van der Waals surface area contributed by atoms with Gasteiger partial charge < -0.3 is 14.6 Å². The molecule has 31 heavy (non-hydrogen) atoms. The summed E-state index contributed by atoms with van der Waals surface area (Å²) in [6.07, 6.45) is 0. The summed E-state index contributed by atoms with van der Waals surface area (Å²) in [4.78, 5) is 12.5. The largest absolute Gasteiger partial charge is 0.497 e. The minimum atomic E-state index is -0.0768. The summed E-state index contributed by atoms with van der Waals surface area (Å²) in [5, 5.41) is 14.6. The number of nitrogens with zero attached hydrogens (tertiary/aromatic N) is 3. The molecule has 6 nitrogen and oxygen atoms in total. The molecule has 1 heterocycles. The second kappa shape index (κ2) is 9.22. The van der Waals surface area contributed by atoms with Crippen molar-refractivity contribution >= 4 is 28.4 Å². The van der Waals surface area contributed by atoms with Gasteiger partial charge in [-0.2, -0.15) is 0 Å². The summed E-state index contributed by atoms with van der Waals surface area (Å²) in [6.45, 7) is 2.00. The van der Waals surface area contributed by atoms with E-state index in [4.69, 9.17) is 4.74 Å². The Morgan fingerprint density at radius 2 is 1.81 bits per heavy atom. The Hall–Kier alpha value is -3.32. The van der Waals surface area contributed by atoms with E-state index in [1.165, 1.54) is 22.5 Å². The predicted molar refractivity (Wildman–Crippen MR) is 124 cm³/mol. The smallest absolute Gasteiger partial charge is 0.230 e. The maximum Gasteiger partial charge on any atom is 0.230 e. The number of carbonyl (C=O) groups excluding carboxylic acids is 1. The van der Waals surface area contributed by atoms with Crippen molar-refractivity contribution in [3.8, 4) is 17.1 Å². The predicted octanol–water partition coefficient (Wildman–Crippen LogP) is 4.61. The molecule has 4 aromatic rings. The number of fused-ring (bicyclic) bond motifs is 1. The van der Waals surface area contributed by atoms with E-state index >= 15 is 0 Å². The molecule has 1 N–H and O–H groups in total. The van der Waals surface area contributed by atoms with E-state index in [0.29, 0.717) is 5.16 Å². The van der Waals surface area contributed by atoms with Crippen LogP contribution in [0.2, 0.25) is 0 Å². The van der Waals surface area contributed by atoms with Gasteiger partial charge in [0.15, 0.2) is 11.0 Å². The second-order valence-corrected chi connectivity index (χ2v) is 8.22. The molecule has 7 heteroatoms. The van der Waals surface area contributed by atoms with Crippen molar-refractivity contribution < 1.29 is 9.53 Å². The fourth-order valence-electron chi connectivity index (χ4n) is 3.41. The van der Waals surface area contributed by atoms with Crippen molar-refractivity contribution in [3.05, 3.63) is 72.3 Å². The SMILES string of the molecule is COc1ccc(-c2nnc(SCC(=O)NC(C)c3ccc4ccccc4c3)n2C)cc1. The van der Waals surface area contributed by atoms with Crippen LogP contribution in [0.4, 0.5) is 0 Å². The van der Waals surface area contributed by atoms with Crippen LogP contribution >= 0.6 is 11.8 Å². The molecule has 4 rings (SSSR count). The molecule has 1 aromatic heterocycles. The zero-order chi connectivity index (χ0) is 21.8. The first-order valence-electron chi connectivity index (χ1n) is 10.00. The number of carbonyl (C=O) groups is 1. The summed E-state index contributed by atoms with van der Waals surface area (Å²) >= 11 is 1.37. The lowest BCUT2D eigenvalue weighted by molar-refractivity contribution is -0.119. The third-order valence-electron chi connectivity index (χ3n) is 5.17. The van der Waals surface area contributed by atoms with Gasteiger partial charge in [0.25, 0.3) is 0 Å². The van der Waals surface area contributed by atoms with E-state index in [9.17, 15) is 4.79 Å². The maximum absolute atomic E-state index is 12.5. The summed E-state index contributed by atoms with van der Waals surface area (Å²) in [7, 11) is 3.54. The maximum atomic E-state index is 12.5. The molecular formula is C24H24N4O2S. The van der Waals surface area contributed by atoms with Crippen molar-refractivity contribution in [2.24, 2.45) is 7.05 Å². The van der Waals surface area contributed by atoms with E-state index in [2.05, 4.69) is 45.8 Å². The van der Waals surface area contributed by atoms with Gasteiger partial charge in [0, 0.05) is 12.6 Å². The summed E-state index contributed by atoms with van der Waals surface area (Å²) in [5.74, 6) is 1.76. The lowest BCUT2D eigenvalue weighted by atomic mass is 10.0. The molecule has 0 saturated heterocycles. The minimum Gasteiger partial charge on any atom is -0.497 e. The third kappa shape index (κ3) is 4.72. The van der Waals surface area contributed by atoms with Crippen molar-refractivity contribution in [2.45, 2.75) is 18.1 Å². The number of ether oxygens (including phenoxy) is 1. The quantitative estimate of drug-likeness (QED) is 0.432. The van der Waals surface area contributed by atoms with Gasteiger partial charge in [-0.15, -0.1) is 10.2 Å². The van der Waals surface area contributed by atoms with Crippen LogP contribution < -0.4 is 10.1 Å². The number of aromatic nitrogens is 3. The first kappa shape index (κ1) is 20.9. The van der Waals surface area contributed by atoms with E-state index in [1.807, 2.05) is 54.9 Å². The first-order chi connectivity index (χ1) is 15.0. The molecule has 0 radical (unpaired) electrons. The average molecular weight is 433 g/mol. The topological polar surface area (TPSA) is 69.0 Å². The highest BCUT2D eigenvalue weighted by Crippen LogP contribution is 2.25. The lowest BCUT2D eigenvalue weighted by Gasteiger charge is -2.15. The normalized spacial score (nSPS) is 12.0. The number of thioether (sulfide) groups is 1. The van der Waals surface area contributed by atoms with Crippen molar-refractivity contribution in [1.29, 1.82) is 0 Å². The number of methoxy groups -OCH3 is 1. The van der Waals surface area contributed by atoms with Gasteiger partial charge >= 0.3 is 0 Å². The summed E-state index contributed by atoms with van der Waals surface area (Å²) < 4.78 is 7.09. The van der Waals surface area contributed by atoms with Crippen LogP contribution in [0.5, 0.6) is 5.75 Å². The monoisotopic (exact) mass is 432 g/mol. The standard InChI is InChI=1S/C24H24N4O2S/c1-16(19-9-8-17-6-4-5-7-20(17)14-19)25-22(29)15-31-24-27-26-23(28(24)2)18-10-12-21(30-3)13-11-18/h4-14,16H,15H2,1-3H3,(H,25,29). The molecule has 0 saturated carbocycles. The van der Waals surface area contributed by atoms with Gasteiger partial charge in [0.05, 0.1) is 18.9 Å². The summed E-state index contributed by atoms with van der Waals surface area (Å²) in [5.41, 5.74) is 2.02. The molecule has 1 amide bonds. The van der Waals surface area contributed by atoms with Gasteiger partial charge in [0.2, 0.25) is 5.91 Å². The molecule has 0 aliphatic heterocycles. The lowest BCUT2D eigenvalue weighted by Crippen LogP contribution is -2.28. The van der Waals surface area contributed by atoms with Crippen LogP contribution in [0.3, 0.4) is 0 Å². The zero-order valence-corrected chi connectivity index (χ0v) is 18.5. The van der Waals surface area contributed by atoms with Gasteiger partial charge in [-0.25, -0.2) is 0 Å². The number of benzene rings is 3. The number of nitrogens with one attached hydrogen (secondary N) is 1. The average Bonchev–Trinajstić information content (AvgIpc) is 3.17. The van der Waals surface area contributed by atoms with Crippen molar-refractivity contribution in [1.82, 2.24) is 20.1 Å². The minimum absolute atomic E-state index is 0.0420. The Kier molecular flexibility index (Phi) is 6.23. The Bertz CT molecular complexity index is 1200. The van der Waals surface area contributed by atoms with Crippen LogP contribution in [0, 0.1) is 0 Å². The van der Waals surface area contributed by atoms with E-state index in [-0.39, 0.29) is 17.7 Å². The number of rotatable bonds is 7. The first-order valence-corrected chi connectivity index (χ1v) is 11.0. The van der Waals surface area contributed by atoms with Crippen LogP contribution in [0.1, 0.15) is 18.5 Å². The molecule has 3 aromatic carbocycles. The molecule has 158 valence electrons. The highest BCUT2D eigenvalue weighted by Gasteiger charge is 2.15. The molecule has 0 aliphatic carbocycles. The molecule has 0 spiro atoms.